The van der Waals surface area contributed by atoms with Gasteiger partial charge in [0.05, 0.1) is 6.10 Å². The van der Waals surface area contributed by atoms with Crippen molar-refractivity contribution in [1.82, 2.24) is 0 Å². The Balaban J connectivity index is 3.96. The molecule has 0 unspecified atom stereocenters. The van der Waals surface area contributed by atoms with E-state index in [1.54, 1.807) is 7.11 Å². The van der Waals surface area contributed by atoms with Gasteiger partial charge in [0.25, 0.3) is 0 Å². The van der Waals surface area contributed by atoms with Crippen molar-refractivity contribution in [3.8, 4) is 0 Å². The Bertz CT molecular complexity index is 110. The summed E-state index contributed by atoms with van der Waals surface area (Å²) in [5.41, 5.74) is 1.32. The van der Waals surface area contributed by atoms with Gasteiger partial charge in [-0.1, -0.05) is 25.5 Å². The maximum absolute atomic E-state index is 5.25. The smallest absolute Gasteiger partial charge is 0.0777 e. The van der Waals surface area contributed by atoms with Crippen LogP contribution < -0.4 is 0 Å². The van der Waals surface area contributed by atoms with Crippen molar-refractivity contribution < 1.29 is 4.74 Å². The number of allylic oxidation sites excluding steroid dienone is 1. The van der Waals surface area contributed by atoms with Gasteiger partial charge in [-0.15, -0.1) is 0 Å². The molecule has 0 saturated heterocycles. The second-order valence-electron chi connectivity index (χ2n) is 3.19. The minimum Gasteiger partial charge on any atom is -0.377 e. The molecule has 0 aliphatic carbocycles. The summed E-state index contributed by atoms with van der Waals surface area (Å²) in [6, 6.07) is 0. The van der Waals surface area contributed by atoms with Gasteiger partial charge in [0.1, 0.15) is 0 Å². The number of methoxy groups -OCH3 is 1. The summed E-state index contributed by atoms with van der Waals surface area (Å²) in [5.74, 6) is 0.569. The lowest BCUT2D eigenvalue weighted by atomic mass is 10.1. The normalized spacial score (nSPS) is 13.4. The van der Waals surface area contributed by atoms with Gasteiger partial charge in [0.15, 0.2) is 0 Å². The fourth-order valence-electron chi connectivity index (χ4n) is 0.861. The Labute approximate surface area is 64.1 Å². The van der Waals surface area contributed by atoms with Crippen LogP contribution in [-0.2, 0) is 4.74 Å². The van der Waals surface area contributed by atoms with Crippen LogP contribution in [0.1, 0.15) is 27.7 Å². The molecule has 0 aromatic carbocycles. The number of hydrogen-bond donors (Lipinski definition) is 0. The summed E-state index contributed by atoms with van der Waals surface area (Å²) in [6.45, 7) is 8.50. The minimum absolute atomic E-state index is 0.282. The van der Waals surface area contributed by atoms with Gasteiger partial charge in [-0.3, -0.25) is 0 Å². The molecule has 10 heavy (non-hydrogen) atoms. The Morgan fingerprint density at radius 1 is 1.30 bits per heavy atom. The molecule has 0 aromatic rings. The first-order valence-electron chi connectivity index (χ1n) is 3.75. The van der Waals surface area contributed by atoms with Gasteiger partial charge in [-0.05, 0) is 19.8 Å². The van der Waals surface area contributed by atoms with Crippen LogP contribution in [0.2, 0.25) is 0 Å². The van der Waals surface area contributed by atoms with Crippen molar-refractivity contribution >= 4 is 0 Å². The lowest BCUT2D eigenvalue weighted by molar-refractivity contribution is 0.103. The molecule has 0 rings (SSSR count). The molecule has 1 atom stereocenters. The summed E-state index contributed by atoms with van der Waals surface area (Å²) in [6.07, 6.45) is 2.44. The monoisotopic (exact) mass is 142 g/mol. The summed E-state index contributed by atoms with van der Waals surface area (Å²) in [5, 5.41) is 0. The molecule has 0 spiro atoms. The Hall–Kier alpha value is -0.300. The molecule has 0 aromatic heterocycles. The lowest BCUT2D eigenvalue weighted by Crippen LogP contribution is -2.14. The van der Waals surface area contributed by atoms with Crippen molar-refractivity contribution in [3.05, 3.63) is 11.6 Å². The largest absolute Gasteiger partial charge is 0.377 e. The average molecular weight is 142 g/mol. The van der Waals surface area contributed by atoms with Gasteiger partial charge < -0.3 is 4.74 Å². The standard InChI is InChI=1S/C9H18O/c1-7(2)6-9(10-5)8(3)4/h6,8-9H,1-5H3/t9-/m0/s1. The average Bonchev–Trinajstić information content (AvgIpc) is 1.81. The van der Waals surface area contributed by atoms with Crippen LogP contribution in [0.3, 0.4) is 0 Å². The molecular formula is C9H18O. The fourth-order valence-corrected chi connectivity index (χ4v) is 0.861. The van der Waals surface area contributed by atoms with E-state index < -0.39 is 0 Å². The van der Waals surface area contributed by atoms with Crippen molar-refractivity contribution in [2.45, 2.75) is 33.8 Å². The second-order valence-corrected chi connectivity index (χ2v) is 3.19. The highest BCUT2D eigenvalue weighted by molar-refractivity contribution is 4.99. The van der Waals surface area contributed by atoms with Crippen LogP contribution >= 0.6 is 0 Å². The van der Waals surface area contributed by atoms with E-state index in [9.17, 15) is 0 Å². The van der Waals surface area contributed by atoms with Gasteiger partial charge in [0.2, 0.25) is 0 Å². The first-order chi connectivity index (χ1) is 4.57. The second kappa shape index (κ2) is 4.51. The zero-order valence-electron chi connectivity index (χ0n) is 7.64. The van der Waals surface area contributed by atoms with E-state index in [4.69, 9.17) is 4.74 Å². The Kier molecular flexibility index (Phi) is 4.37. The molecular weight excluding hydrogens is 124 g/mol. The lowest BCUT2D eigenvalue weighted by Gasteiger charge is -2.15. The summed E-state index contributed by atoms with van der Waals surface area (Å²) in [4.78, 5) is 0. The Morgan fingerprint density at radius 2 is 1.80 bits per heavy atom. The summed E-state index contributed by atoms with van der Waals surface area (Å²) in [7, 11) is 1.75. The fraction of sp³-hybridized carbons (Fsp3) is 0.778. The van der Waals surface area contributed by atoms with Gasteiger partial charge in [-0.2, -0.15) is 0 Å². The van der Waals surface area contributed by atoms with E-state index in [-0.39, 0.29) is 6.10 Å². The van der Waals surface area contributed by atoms with Crippen molar-refractivity contribution in [2.24, 2.45) is 5.92 Å². The van der Waals surface area contributed by atoms with E-state index in [0.29, 0.717) is 5.92 Å². The molecule has 0 bridgehead atoms. The zero-order valence-corrected chi connectivity index (χ0v) is 7.64. The Morgan fingerprint density at radius 3 is 1.90 bits per heavy atom. The highest BCUT2D eigenvalue weighted by Crippen LogP contribution is 2.08. The quantitative estimate of drug-likeness (QED) is 0.550. The predicted octanol–water partition coefficient (Wildman–Crippen LogP) is 2.62. The van der Waals surface area contributed by atoms with E-state index >= 15 is 0 Å². The highest BCUT2D eigenvalue weighted by atomic mass is 16.5. The maximum atomic E-state index is 5.25. The van der Waals surface area contributed by atoms with Crippen LogP contribution in [0.5, 0.6) is 0 Å². The first kappa shape index (κ1) is 9.70. The molecule has 0 fully saturated rings. The predicted molar refractivity (Wildman–Crippen MR) is 45.1 cm³/mol. The molecule has 0 amide bonds. The molecule has 0 aliphatic heterocycles. The van der Waals surface area contributed by atoms with Crippen LogP contribution in [-0.4, -0.2) is 13.2 Å². The molecule has 60 valence electrons. The molecule has 1 nitrogen and oxygen atoms in total. The molecule has 0 radical (unpaired) electrons. The number of ether oxygens (including phenoxy) is 1. The SMILES string of the molecule is CO[C@@H](C=C(C)C)C(C)C. The van der Waals surface area contributed by atoms with Crippen molar-refractivity contribution in [2.75, 3.05) is 7.11 Å². The topological polar surface area (TPSA) is 9.23 Å². The first-order valence-corrected chi connectivity index (χ1v) is 3.75. The van der Waals surface area contributed by atoms with Crippen LogP contribution in [0.4, 0.5) is 0 Å². The van der Waals surface area contributed by atoms with E-state index in [0.717, 1.165) is 0 Å². The van der Waals surface area contributed by atoms with Gasteiger partial charge >= 0.3 is 0 Å². The van der Waals surface area contributed by atoms with E-state index in [2.05, 4.69) is 33.8 Å². The number of rotatable bonds is 3. The summed E-state index contributed by atoms with van der Waals surface area (Å²) >= 11 is 0. The van der Waals surface area contributed by atoms with Gasteiger partial charge in [0, 0.05) is 7.11 Å². The van der Waals surface area contributed by atoms with Crippen molar-refractivity contribution in [3.63, 3.8) is 0 Å². The molecule has 1 heteroatoms. The third-order valence-electron chi connectivity index (χ3n) is 1.43. The zero-order chi connectivity index (χ0) is 8.15. The number of hydrogen-bond acceptors (Lipinski definition) is 1. The highest BCUT2D eigenvalue weighted by Gasteiger charge is 2.07. The third kappa shape index (κ3) is 3.67. The van der Waals surface area contributed by atoms with Crippen LogP contribution in [0.25, 0.3) is 0 Å². The van der Waals surface area contributed by atoms with Crippen molar-refractivity contribution in [1.29, 1.82) is 0 Å². The molecule has 0 heterocycles. The minimum atomic E-state index is 0.282. The van der Waals surface area contributed by atoms with Crippen LogP contribution in [0, 0.1) is 5.92 Å². The molecule has 0 aliphatic rings. The van der Waals surface area contributed by atoms with E-state index in [1.165, 1.54) is 5.57 Å². The van der Waals surface area contributed by atoms with Crippen LogP contribution in [0.15, 0.2) is 11.6 Å². The van der Waals surface area contributed by atoms with Gasteiger partial charge in [-0.25, -0.2) is 0 Å². The third-order valence-corrected chi connectivity index (χ3v) is 1.43. The molecule has 0 saturated carbocycles. The maximum Gasteiger partial charge on any atom is 0.0777 e. The van der Waals surface area contributed by atoms with E-state index in [1.807, 2.05) is 0 Å². The molecule has 0 N–H and O–H groups in total. The summed E-state index contributed by atoms with van der Waals surface area (Å²) < 4.78 is 5.25.